The lowest BCUT2D eigenvalue weighted by molar-refractivity contribution is -0.141. The molecule has 4 N–H and O–H groups in total. The minimum absolute atomic E-state index is 0.939. The maximum atomic E-state index is 11.1. The molecule has 0 heterocycles. The molecular formula is C6H12N2O7S. The number of rotatable bonds is 5. The first kappa shape index (κ1) is 14.6. The smallest absolute Gasteiger partial charge is 0.421 e. The van der Waals surface area contributed by atoms with E-state index in [1.807, 2.05) is 0 Å². The van der Waals surface area contributed by atoms with Crippen LogP contribution in [0.4, 0.5) is 4.79 Å². The summed E-state index contributed by atoms with van der Waals surface area (Å²) in [6.45, 7) is 1.08. The van der Waals surface area contributed by atoms with Crippen molar-refractivity contribution in [1.29, 1.82) is 0 Å². The Labute approximate surface area is 91.6 Å². The summed E-state index contributed by atoms with van der Waals surface area (Å²) in [7, 11) is -3.46. The van der Waals surface area contributed by atoms with Gasteiger partial charge in [-0.25, -0.2) is 9.52 Å². The molecule has 0 fully saturated rings. The number of carbonyl (C=O) groups excluding carboxylic acids is 1. The fourth-order valence-corrected chi connectivity index (χ4v) is 1.70. The van der Waals surface area contributed by atoms with Crippen molar-refractivity contribution in [2.75, 3.05) is 7.11 Å². The average molecular weight is 256 g/mol. The van der Waals surface area contributed by atoms with Gasteiger partial charge in [-0.05, 0) is 6.92 Å². The van der Waals surface area contributed by atoms with Crippen LogP contribution in [-0.4, -0.2) is 49.9 Å². The molecule has 0 saturated heterocycles. The van der Waals surface area contributed by atoms with E-state index >= 15 is 0 Å². The van der Waals surface area contributed by atoms with Crippen LogP contribution in [0, 0.1) is 0 Å². The highest BCUT2D eigenvalue weighted by molar-refractivity contribution is 7.88. The number of aliphatic carboxylic acids is 1. The molecule has 0 radical (unpaired) electrons. The van der Waals surface area contributed by atoms with E-state index in [9.17, 15) is 18.0 Å². The quantitative estimate of drug-likeness (QED) is 0.446. The lowest BCUT2D eigenvalue weighted by atomic mass is 10.2. The first-order chi connectivity index (χ1) is 7.19. The Morgan fingerprint density at radius 2 is 1.88 bits per heavy atom. The Hall–Kier alpha value is -1.39. The Kier molecular flexibility index (Phi) is 5.14. The largest absolute Gasteiger partial charge is 0.480 e. The summed E-state index contributed by atoms with van der Waals surface area (Å²) in [5.74, 6) is -1.58. The number of ether oxygens (including phenoxy) is 1. The lowest BCUT2D eigenvalue weighted by Gasteiger charge is -2.16. The van der Waals surface area contributed by atoms with E-state index in [0.717, 1.165) is 14.0 Å². The number of carboxylic acid groups (broad SMARTS) is 1. The van der Waals surface area contributed by atoms with Crippen LogP contribution in [-0.2, 0) is 19.7 Å². The number of amides is 1. The monoisotopic (exact) mass is 256 g/mol. The van der Waals surface area contributed by atoms with Crippen molar-refractivity contribution in [3.05, 3.63) is 0 Å². The molecule has 0 aromatic carbocycles. The minimum Gasteiger partial charge on any atom is -0.480 e. The van der Waals surface area contributed by atoms with E-state index in [2.05, 4.69) is 4.74 Å². The highest BCUT2D eigenvalue weighted by atomic mass is 32.2. The fourth-order valence-electron chi connectivity index (χ4n) is 0.703. The molecule has 2 atom stereocenters. The third kappa shape index (κ3) is 4.91. The summed E-state index contributed by atoms with van der Waals surface area (Å²) in [6.07, 6.45) is -2.74. The van der Waals surface area contributed by atoms with Gasteiger partial charge in [0.2, 0.25) is 0 Å². The standard InChI is InChI=1S/C6H12N2O7S/c1-3(9)4(5(10)11)7-16(13,14)8-6(12)15-2/h3-4,7,9H,1-2H3,(H,8,12)(H,10,11)/t3-,4+/m1/s1. The Balaban J connectivity index is 4.68. The average Bonchev–Trinajstić information content (AvgIpc) is 2.12. The van der Waals surface area contributed by atoms with Crippen molar-refractivity contribution in [3.8, 4) is 0 Å². The van der Waals surface area contributed by atoms with Gasteiger partial charge in [0.25, 0.3) is 0 Å². The van der Waals surface area contributed by atoms with E-state index in [4.69, 9.17) is 10.2 Å². The van der Waals surface area contributed by atoms with Gasteiger partial charge in [0, 0.05) is 0 Å². The Morgan fingerprint density at radius 1 is 1.38 bits per heavy atom. The highest BCUT2D eigenvalue weighted by Crippen LogP contribution is 1.95. The number of nitrogens with one attached hydrogen (secondary N) is 2. The number of aliphatic hydroxyl groups excluding tert-OH is 1. The molecule has 0 bridgehead atoms. The van der Waals surface area contributed by atoms with Crippen molar-refractivity contribution < 1.29 is 33.0 Å². The second-order valence-corrected chi connectivity index (χ2v) is 4.22. The van der Waals surface area contributed by atoms with E-state index in [-0.39, 0.29) is 0 Å². The summed E-state index contributed by atoms with van der Waals surface area (Å²) in [5, 5.41) is 17.6. The van der Waals surface area contributed by atoms with Crippen molar-refractivity contribution in [1.82, 2.24) is 9.44 Å². The molecule has 0 spiro atoms. The van der Waals surface area contributed by atoms with Crippen LogP contribution < -0.4 is 9.44 Å². The minimum atomic E-state index is -4.40. The zero-order valence-corrected chi connectivity index (χ0v) is 9.32. The summed E-state index contributed by atoms with van der Waals surface area (Å²) in [6, 6.07) is -1.76. The molecule has 10 heteroatoms. The molecule has 94 valence electrons. The zero-order valence-electron chi connectivity index (χ0n) is 8.50. The second kappa shape index (κ2) is 5.63. The van der Waals surface area contributed by atoms with Gasteiger partial charge in [0.15, 0.2) is 0 Å². The zero-order chi connectivity index (χ0) is 12.9. The molecule has 16 heavy (non-hydrogen) atoms. The first-order valence-corrected chi connectivity index (χ1v) is 5.47. The second-order valence-electron chi connectivity index (χ2n) is 2.77. The SMILES string of the molecule is COC(=O)NS(=O)(=O)N[C@H](C(=O)O)[C@@H](C)O. The van der Waals surface area contributed by atoms with Gasteiger partial charge in [0.05, 0.1) is 13.2 Å². The maximum Gasteiger partial charge on any atom is 0.421 e. The first-order valence-electron chi connectivity index (χ1n) is 3.98. The molecule has 0 aliphatic carbocycles. The molecule has 0 unspecified atom stereocenters. The van der Waals surface area contributed by atoms with E-state index < -0.39 is 34.4 Å². The summed E-state index contributed by atoms with van der Waals surface area (Å²) >= 11 is 0. The number of hydrogen-bond acceptors (Lipinski definition) is 6. The molecule has 0 aromatic heterocycles. The summed E-state index contributed by atoms with van der Waals surface area (Å²) in [4.78, 5) is 21.1. The normalized spacial score (nSPS) is 14.9. The highest BCUT2D eigenvalue weighted by Gasteiger charge is 2.29. The third-order valence-corrected chi connectivity index (χ3v) is 2.43. The van der Waals surface area contributed by atoms with Crippen LogP contribution >= 0.6 is 0 Å². The fraction of sp³-hybridized carbons (Fsp3) is 0.667. The number of aliphatic hydroxyl groups is 1. The predicted molar refractivity (Wildman–Crippen MR) is 50.7 cm³/mol. The van der Waals surface area contributed by atoms with Crippen molar-refractivity contribution in [2.24, 2.45) is 0 Å². The van der Waals surface area contributed by atoms with Gasteiger partial charge in [-0.15, -0.1) is 0 Å². The van der Waals surface area contributed by atoms with Gasteiger partial charge in [0.1, 0.15) is 6.04 Å². The third-order valence-electron chi connectivity index (χ3n) is 1.43. The molecule has 1 amide bonds. The van der Waals surface area contributed by atoms with Gasteiger partial charge in [-0.2, -0.15) is 13.1 Å². The molecule has 9 nitrogen and oxygen atoms in total. The van der Waals surface area contributed by atoms with Gasteiger partial charge in [-0.3, -0.25) is 4.79 Å². The molecule has 0 aliphatic heterocycles. The van der Waals surface area contributed by atoms with Gasteiger partial charge in [-0.1, -0.05) is 0 Å². The molecule has 0 rings (SSSR count). The van der Waals surface area contributed by atoms with E-state index in [0.29, 0.717) is 0 Å². The van der Waals surface area contributed by atoms with Crippen LogP contribution in [0.1, 0.15) is 6.92 Å². The number of methoxy groups -OCH3 is 1. The predicted octanol–water partition coefficient (Wildman–Crippen LogP) is -1.99. The van der Waals surface area contributed by atoms with Crippen LogP contribution in [0.3, 0.4) is 0 Å². The van der Waals surface area contributed by atoms with Crippen molar-refractivity contribution in [3.63, 3.8) is 0 Å². The Bertz CT molecular complexity index is 363. The van der Waals surface area contributed by atoms with Crippen LogP contribution in [0.15, 0.2) is 0 Å². The van der Waals surface area contributed by atoms with Crippen molar-refractivity contribution >= 4 is 22.3 Å². The van der Waals surface area contributed by atoms with E-state index in [1.165, 1.54) is 4.72 Å². The summed E-state index contributed by atoms with van der Waals surface area (Å²) in [5.41, 5.74) is 0. The topological polar surface area (TPSA) is 142 Å². The molecular weight excluding hydrogens is 244 g/mol. The summed E-state index contributed by atoms with van der Waals surface area (Å²) < 4.78 is 29.2. The van der Waals surface area contributed by atoms with Crippen molar-refractivity contribution in [2.45, 2.75) is 19.1 Å². The molecule has 0 aliphatic rings. The van der Waals surface area contributed by atoms with Crippen LogP contribution in [0.25, 0.3) is 0 Å². The number of carboxylic acids is 1. The lowest BCUT2D eigenvalue weighted by Crippen LogP contribution is -2.52. The van der Waals surface area contributed by atoms with Gasteiger partial charge >= 0.3 is 22.3 Å². The molecule has 0 aromatic rings. The van der Waals surface area contributed by atoms with Crippen LogP contribution in [0.2, 0.25) is 0 Å². The van der Waals surface area contributed by atoms with Crippen LogP contribution in [0.5, 0.6) is 0 Å². The number of hydrogen-bond donors (Lipinski definition) is 4. The van der Waals surface area contributed by atoms with Gasteiger partial charge < -0.3 is 14.9 Å². The van der Waals surface area contributed by atoms with E-state index in [1.54, 1.807) is 4.72 Å². The number of carbonyl (C=O) groups is 2. The maximum absolute atomic E-state index is 11.1. The molecule has 0 saturated carbocycles. The Morgan fingerprint density at radius 3 is 2.19 bits per heavy atom.